The Hall–Kier alpha value is -3.18. The summed E-state index contributed by atoms with van der Waals surface area (Å²) in [5.74, 6) is -0.282. The van der Waals surface area contributed by atoms with E-state index in [0.29, 0.717) is 27.6 Å². The third kappa shape index (κ3) is 4.38. The molecule has 10 nitrogen and oxygen atoms in total. The highest BCUT2D eigenvalue weighted by Gasteiger charge is 2.19. The second-order valence-corrected chi connectivity index (χ2v) is 7.57. The first-order valence-electron chi connectivity index (χ1n) is 8.33. The fourth-order valence-corrected chi connectivity index (χ4v) is 3.14. The monoisotopic (exact) mass is 404 g/mol. The molecule has 0 fully saturated rings. The molecular weight excluding hydrogens is 384 g/mol. The Bertz CT molecular complexity index is 1010. The fourth-order valence-electron chi connectivity index (χ4n) is 2.33. The van der Waals surface area contributed by atoms with Crippen molar-refractivity contribution in [1.29, 1.82) is 0 Å². The Labute approximate surface area is 164 Å². The van der Waals surface area contributed by atoms with Gasteiger partial charge in [0.05, 0.1) is 11.3 Å². The second-order valence-electron chi connectivity index (χ2n) is 6.71. The summed E-state index contributed by atoms with van der Waals surface area (Å²) in [6, 6.07) is 1.80. The van der Waals surface area contributed by atoms with Crippen LogP contribution in [0.3, 0.4) is 0 Å². The van der Waals surface area contributed by atoms with Gasteiger partial charge in [0.25, 0.3) is 5.91 Å². The number of anilines is 1. The summed E-state index contributed by atoms with van der Waals surface area (Å²) in [6.07, 6.45) is 2.59. The van der Waals surface area contributed by atoms with Crippen molar-refractivity contribution in [2.24, 2.45) is 0 Å². The molecule has 3 heterocycles. The largest absolute Gasteiger partial charge is 0.442 e. The van der Waals surface area contributed by atoms with E-state index in [4.69, 9.17) is 9.68 Å². The molecule has 0 saturated carbocycles. The lowest BCUT2D eigenvalue weighted by Crippen LogP contribution is -2.33. The highest BCUT2D eigenvalue weighted by atomic mass is 32.1. The van der Waals surface area contributed by atoms with Crippen LogP contribution in [0.2, 0.25) is 0 Å². The normalized spacial score (nSPS) is 11.3. The minimum atomic E-state index is -0.739. The van der Waals surface area contributed by atoms with E-state index >= 15 is 0 Å². The van der Waals surface area contributed by atoms with Crippen LogP contribution in [0.4, 0.5) is 10.5 Å². The molecule has 0 unspecified atom stereocenters. The van der Waals surface area contributed by atoms with Gasteiger partial charge >= 0.3 is 6.09 Å². The van der Waals surface area contributed by atoms with E-state index < -0.39 is 11.7 Å². The van der Waals surface area contributed by atoms with Crippen LogP contribution in [-0.4, -0.2) is 39.6 Å². The van der Waals surface area contributed by atoms with Crippen LogP contribution in [0.25, 0.3) is 21.6 Å². The number of hydroxylamine groups is 1. The zero-order valence-corrected chi connectivity index (χ0v) is 16.6. The van der Waals surface area contributed by atoms with Gasteiger partial charge in [-0.3, -0.25) is 4.79 Å². The average molecular weight is 404 g/mol. The Balaban J connectivity index is 1.85. The SMILES string of the molecule is CNC(=O)c1csc(-c2cnc3[nH]ccc3c2NONC(=O)OC(C)(C)C)n1. The van der Waals surface area contributed by atoms with Gasteiger partial charge in [0, 0.05) is 30.2 Å². The molecule has 28 heavy (non-hydrogen) atoms. The van der Waals surface area contributed by atoms with E-state index in [2.05, 4.69) is 31.2 Å². The van der Waals surface area contributed by atoms with E-state index in [1.54, 1.807) is 44.6 Å². The lowest BCUT2D eigenvalue weighted by molar-refractivity contribution is 0.00820. The van der Waals surface area contributed by atoms with E-state index in [1.165, 1.54) is 18.4 Å². The molecule has 3 rings (SSSR count). The lowest BCUT2D eigenvalue weighted by atomic mass is 10.2. The van der Waals surface area contributed by atoms with Crippen molar-refractivity contribution in [3.63, 3.8) is 0 Å². The molecule has 0 aliphatic rings. The summed E-state index contributed by atoms with van der Waals surface area (Å²) in [5.41, 5.74) is 6.28. The number of hydrogen-bond acceptors (Lipinski definition) is 8. The van der Waals surface area contributed by atoms with Gasteiger partial charge in [-0.1, -0.05) is 0 Å². The molecule has 3 aromatic heterocycles. The molecule has 0 aromatic carbocycles. The van der Waals surface area contributed by atoms with Gasteiger partial charge < -0.3 is 15.0 Å². The number of carbonyl (C=O) groups is 2. The van der Waals surface area contributed by atoms with Crippen molar-refractivity contribution in [3.8, 4) is 10.6 Å². The van der Waals surface area contributed by atoms with Gasteiger partial charge in [0.15, 0.2) is 0 Å². The number of nitrogens with zero attached hydrogens (tertiary/aromatic N) is 2. The third-order valence-electron chi connectivity index (χ3n) is 3.47. The van der Waals surface area contributed by atoms with Crippen molar-refractivity contribution in [2.45, 2.75) is 26.4 Å². The summed E-state index contributed by atoms with van der Waals surface area (Å²) in [6.45, 7) is 5.24. The maximum absolute atomic E-state index is 11.8. The van der Waals surface area contributed by atoms with E-state index in [1.807, 2.05) is 0 Å². The Kier molecular flexibility index (Phi) is 5.47. The highest BCUT2D eigenvalue weighted by Crippen LogP contribution is 2.35. The standard InChI is InChI=1S/C17H20N6O4S/c1-17(2,3)26-16(25)23-27-22-12-9-5-6-19-13(9)20-7-10(12)15-21-11(8-28-15)14(24)18-4/h5-8H,1-4H3,(H,18,24)(H,23,25)(H2,19,20,22). The maximum atomic E-state index is 11.8. The number of carbonyl (C=O) groups excluding carboxylic acids is 2. The predicted molar refractivity (Wildman–Crippen MR) is 105 cm³/mol. The number of amides is 2. The molecule has 0 aliphatic heterocycles. The minimum Gasteiger partial charge on any atom is -0.442 e. The summed E-state index contributed by atoms with van der Waals surface area (Å²) in [4.78, 5) is 40.4. The number of aromatic amines is 1. The van der Waals surface area contributed by atoms with Gasteiger partial charge in [0.1, 0.15) is 21.9 Å². The second kappa shape index (κ2) is 7.82. The molecule has 4 N–H and O–H groups in total. The Morgan fingerprint density at radius 3 is 2.79 bits per heavy atom. The van der Waals surface area contributed by atoms with Crippen LogP contribution in [0.1, 0.15) is 31.3 Å². The number of nitrogens with one attached hydrogen (secondary N) is 4. The molecule has 148 valence electrons. The predicted octanol–water partition coefficient (Wildman–Crippen LogP) is 2.83. The zero-order chi connectivity index (χ0) is 20.3. The first-order valence-corrected chi connectivity index (χ1v) is 9.21. The first kappa shape index (κ1) is 19.6. The van der Waals surface area contributed by atoms with Crippen LogP contribution in [0.15, 0.2) is 23.8 Å². The van der Waals surface area contributed by atoms with Crippen molar-refractivity contribution in [3.05, 3.63) is 29.5 Å². The molecule has 0 bridgehead atoms. The summed E-state index contributed by atoms with van der Waals surface area (Å²) in [5, 5.41) is 5.48. The van der Waals surface area contributed by atoms with Gasteiger partial charge in [-0.15, -0.1) is 11.3 Å². The quantitative estimate of drug-likeness (QED) is 0.481. The van der Waals surface area contributed by atoms with Crippen LogP contribution in [0.5, 0.6) is 0 Å². The summed E-state index contributed by atoms with van der Waals surface area (Å²) in [7, 11) is 1.54. The lowest BCUT2D eigenvalue weighted by Gasteiger charge is -2.19. The smallest absolute Gasteiger partial charge is 0.433 e. The van der Waals surface area contributed by atoms with Crippen molar-refractivity contribution >= 4 is 40.1 Å². The van der Waals surface area contributed by atoms with Gasteiger partial charge in [0.2, 0.25) is 0 Å². The van der Waals surface area contributed by atoms with Gasteiger partial charge in [-0.25, -0.2) is 20.2 Å². The third-order valence-corrected chi connectivity index (χ3v) is 4.34. The molecule has 0 radical (unpaired) electrons. The molecule has 0 spiro atoms. The van der Waals surface area contributed by atoms with Crippen LogP contribution >= 0.6 is 11.3 Å². The highest BCUT2D eigenvalue weighted by molar-refractivity contribution is 7.13. The Morgan fingerprint density at radius 1 is 1.29 bits per heavy atom. The maximum Gasteiger partial charge on any atom is 0.433 e. The molecule has 0 saturated heterocycles. The Morgan fingerprint density at radius 2 is 2.07 bits per heavy atom. The van der Waals surface area contributed by atoms with E-state index in [0.717, 1.165) is 5.39 Å². The molecule has 0 aliphatic carbocycles. The number of H-pyrrole nitrogens is 1. The van der Waals surface area contributed by atoms with E-state index in [9.17, 15) is 9.59 Å². The number of rotatable bonds is 5. The summed E-state index contributed by atoms with van der Waals surface area (Å²) < 4.78 is 5.12. The molecule has 0 atom stereocenters. The zero-order valence-electron chi connectivity index (χ0n) is 15.7. The topological polar surface area (TPSA) is 130 Å². The first-order chi connectivity index (χ1) is 13.3. The van der Waals surface area contributed by atoms with Gasteiger partial charge in [-0.2, -0.15) is 10.4 Å². The molecule has 2 amide bonds. The fraction of sp³-hybridized carbons (Fsp3) is 0.294. The van der Waals surface area contributed by atoms with Crippen molar-refractivity contribution < 1.29 is 19.3 Å². The number of pyridine rings is 1. The average Bonchev–Trinajstić information content (AvgIpc) is 3.29. The van der Waals surface area contributed by atoms with Crippen LogP contribution in [-0.2, 0) is 9.68 Å². The number of aromatic nitrogens is 3. The minimum absolute atomic E-state index is 0.282. The number of fused-ring (bicyclic) bond motifs is 1. The van der Waals surface area contributed by atoms with E-state index in [-0.39, 0.29) is 5.91 Å². The number of ether oxygens (including phenoxy) is 1. The van der Waals surface area contributed by atoms with Crippen molar-refractivity contribution in [1.82, 2.24) is 25.7 Å². The summed E-state index contributed by atoms with van der Waals surface area (Å²) >= 11 is 1.29. The molecular formula is C17H20N6O4S. The molecule has 11 heteroatoms. The van der Waals surface area contributed by atoms with Crippen LogP contribution < -0.4 is 16.3 Å². The number of hydrogen-bond donors (Lipinski definition) is 4. The van der Waals surface area contributed by atoms with Crippen LogP contribution in [0, 0.1) is 0 Å². The van der Waals surface area contributed by atoms with Gasteiger partial charge in [-0.05, 0) is 26.8 Å². The van der Waals surface area contributed by atoms with Crippen molar-refractivity contribution in [2.75, 3.05) is 12.5 Å². The number of thiazole rings is 1. The molecule has 3 aromatic rings.